The molecule has 0 bridgehead atoms. The van der Waals surface area contributed by atoms with E-state index in [9.17, 15) is 9.59 Å². The molecule has 1 fully saturated rings. The summed E-state index contributed by atoms with van der Waals surface area (Å²) in [6.45, 7) is 7.95. The molecule has 0 heterocycles. The zero-order valence-electron chi connectivity index (χ0n) is 9.66. The Morgan fingerprint density at radius 2 is 2.27 bits per heavy atom. The Morgan fingerprint density at radius 3 is 2.73 bits per heavy atom. The molecule has 1 saturated carbocycles. The number of hydrogen-bond acceptors (Lipinski definition) is 2. The molecule has 2 nitrogen and oxygen atoms in total. The number of Topliss-reactive ketones (excluding diaryl/α,β-unsaturated/α-hetero) is 1. The lowest BCUT2D eigenvalue weighted by Crippen LogP contribution is -2.40. The second-order valence-electron chi connectivity index (χ2n) is 4.94. The Balaban J connectivity index is 2.87. The van der Waals surface area contributed by atoms with Gasteiger partial charge in [-0.25, -0.2) is 0 Å². The van der Waals surface area contributed by atoms with E-state index >= 15 is 0 Å². The summed E-state index contributed by atoms with van der Waals surface area (Å²) in [6.07, 6.45) is 5.23. The van der Waals surface area contributed by atoms with Gasteiger partial charge in [0.1, 0.15) is 12.1 Å². The second-order valence-corrected chi connectivity index (χ2v) is 4.94. The fourth-order valence-corrected chi connectivity index (χ4v) is 2.43. The number of allylic oxidation sites excluding steroid dienone is 1. The fraction of sp³-hybridized carbons (Fsp3) is 0.692. The van der Waals surface area contributed by atoms with Gasteiger partial charge in [0.2, 0.25) is 0 Å². The van der Waals surface area contributed by atoms with Crippen molar-refractivity contribution in [1.82, 2.24) is 0 Å². The summed E-state index contributed by atoms with van der Waals surface area (Å²) in [5.74, 6) is 1.14. The second kappa shape index (κ2) is 4.73. The molecule has 1 aliphatic carbocycles. The number of rotatable bonds is 4. The van der Waals surface area contributed by atoms with Crippen LogP contribution in [0.3, 0.4) is 0 Å². The van der Waals surface area contributed by atoms with E-state index in [2.05, 4.69) is 20.4 Å². The fourth-order valence-electron chi connectivity index (χ4n) is 2.43. The standard InChI is InChI=1S/C13H20O2/c1-4-7-13(9-14)8-11(10(2)3)5-6-12(13)15/h4,9-11H,1,5-8H2,2-3H3/t11-,13+/m1/s1. The molecule has 0 saturated heterocycles. The molecule has 1 aliphatic rings. The van der Waals surface area contributed by atoms with Crippen molar-refractivity contribution in [3.8, 4) is 0 Å². The van der Waals surface area contributed by atoms with Crippen molar-refractivity contribution in [2.75, 3.05) is 0 Å². The van der Waals surface area contributed by atoms with Gasteiger partial charge in [-0.05, 0) is 31.1 Å². The van der Waals surface area contributed by atoms with Crippen molar-refractivity contribution in [2.24, 2.45) is 17.3 Å². The van der Waals surface area contributed by atoms with Crippen LogP contribution in [-0.4, -0.2) is 12.1 Å². The molecule has 0 aromatic heterocycles. The molecule has 0 N–H and O–H groups in total. The number of carbonyl (C=O) groups excluding carboxylic acids is 2. The molecule has 15 heavy (non-hydrogen) atoms. The van der Waals surface area contributed by atoms with E-state index in [0.717, 1.165) is 12.7 Å². The monoisotopic (exact) mass is 208 g/mol. The van der Waals surface area contributed by atoms with Gasteiger partial charge < -0.3 is 4.79 Å². The van der Waals surface area contributed by atoms with Gasteiger partial charge in [0.25, 0.3) is 0 Å². The molecular weight excluding hydrogens is 188 g/mol. The lowest BCUT2D eigenvalue weighted by Gasteiger charge is -2.36. The maximum atomic E-state index is 11.8. The van der Waals surface area contributed by atoms with E-state index in [0.29, 0.717) is 31.1 Å². The Labute approximate surface area is 91.7 Å². The molecule has 0 aliphatic heterocycles. The van der Waals surface area contributed by atoms with Crippen LogP contribution in [0.5, 0.6) is 0 Å². The van der Waals surface area contributed by atoms with Crippen LogP contribution in [0.4, 0.5) is 0 Å². The Kier molecular flexibility index (Phi) is 3.83. The van der Waals surface area contributed by atoms with Crippen molar-refractivity contribution in [1.29, 1.82) is 0 Å². The Hall–Kier alpha value is -0.920. The third-order valence-corrected chi connectivity index (χ3v) is 3.60. The third kappa shape index (κ3) is 2.36. The lowest BCUT2D eigenvalue weighted by atomic mass is 9.65. The molecule has 0 aromatic rings. The predicted molar refractivity (Wildman–Crippen MR) is 60.5 cm³/mol. The van der Waals surface area contributed by atoms with Gasteiger partial charge in [0.15, 0.2) is 0 Å². The minimum Gasteiger partial charge on any atom is -0.302 e. The summed E-state index contributed by atoms with van der Waals surface area (Å²) in [5, 5.41) is 0. The first-order valence-corrected chi connectivity index (χ1v) is 5.66. The number of carbonyl (C=O) groups is 2. The minimum atomic E-state index is -0.755. The minimum absolute atomic E-state index is 0.106. The SMILES string of the molecule is C=CC[C@@]1(C=O)C[C@H](C(C)C)CCC1=O. The average Bonchev–Trinajstić information content (AvgIpc) is 2.21. The highest BCUT2D eigenvalue weighted by Crippen LogP contribution is 2.40. The van der Waals surface area contributed by atoms with Crippen LogP contribution in [0.15, 0.2) is 12.7 Å². The molecule has 0 aromatic carbocycles. The van der Waals surface area contributed by atoms with Crippen molar-refractivity contribution >= 4 is 12.1 Å². The number of ketones is 1. The molecule has 0 spiro atoms. The van der Waals surface area contributed by atoms with Crippen LogP contribution in [0.25, 0.3) is 0 Å². The van der Waals surface area contributed by atoms with E-state index in [1.807, 2.05) is 0 Å². The topological polar surface area (TPSA) is 34.1 Å². The predicted octanol–water partition coefficient (Wildman–Crippen LogP) is 2.77. The maximum Gasteiger partial charge on any atom is 0.146 e. The quantitative estimate of drug-likeness (QED) is 0.404. The molecule has 2 heteroatoms. The van der Waals surface area contributed by atoms with Crippen molar-refractivity contribution < 1.29 is 9.59 Å². The summed E-state index contributed by atoms with van der Waals surface area (Å²) in [4.78, 5) is 23.0. The molecule has 0 radical (unpaired) electrons. The van der Waals surface area contributed by atoms with Gasteiger partial charge in [0, 0.05) is 6.42 Å². The van der Waals surface area contributed by atoms with E-state index in [1.54, 1.807) is 6.08 Å². The highest BCUT2D eigenvalue weighted by molar-refractivity contribution is 5.98. The van der Waals surface area contributed by atoms with E-state index < -0.39 is 5.41 Å². The van der Waals surface area contributed by atoms with Gasteiger partial charge in [-0.3, -0.25) is 4.79 Å². The highest BCUT2D eigenvalue weighted by Gasteiger charge is 2.42. The van der Waals surface area contributed by atoms with Crippen LogP contribution in [-0.2, 0) is 9.59 Å². The van der Waals surface area contributed by atoms with Crippen LogP contribution < -0.4 is 0 Å². The average molecular weight is 208 g/mol. The summed E-state index contributed by atoms with van der Waals surface area (Å²) >= 11 is 0. The van der Waals surface area contributed by atoms with Crippen molar-refractivity contribution in [3.05, 3.63) is 12.7 Å². The zero-order valence-corrected chi connectivity index (χ0v) is 9.66. The molecular formula is C13H20O2. The number of hydrogen-bond donors (Lipinski definition) is 0. The van der Waals surface area contributed by atoms with Gasteiger partial charge in [0.05, 0.1) is 5.41 Å². The molecule has 0 amide bonds. The molecule has 84 valence electrons. The smallest absolute Gasteiger partial charge is 0.146 e. The summed E-state index contributed by atoms with van der Waals surface area (Å²) in [7, 11) is 0. The van der Waals surface area contributed by atoms with E-state index in [4.69, 9.17) is 0 Å². The van der Waals surface area contributed by atoms with Gasteiger partial charge in [-0.15, -0.1) is 6.58 Å². The summed E-state index contributed by atoms with van der Waals surface area (Å²) < 4.78 is 0. The van der Waals surface area contributed by atoms with Crippen LogP contribution in [0.2, 0.25) is 0 Å². The first kappa shape index (κ1) is 12.2. The lowest BCUT2D eigenvalue weighted by molar-refractivity contribution is -0.139. The first-order chi connectivity index (χ1) is 7.05. The summed E-state index contributed by atoms with van der Waals surface area (Å²) in [6, 6.07) is 0. The van der Waals surface area contributed by atoms with Crippen LogP contribution in [0.1, 0.15) is 39.5 Å². The number of aldehydes is 1. The first-order valence-electron chi connectivity index (χ1n) is 5.66. The van der Waals surface area contributed by atoms with Gasteiger partial charge in [-0.2, -0.15) is 0 Å². The maximum absolute atomic E-state index is 11.8. The molecule has 0 unspecified atom stereocenters. The Morgan fingerprint density at radius 1 is 1.60 bits per heavy atom. The third-order valence-electron chi connectivity index (χ3n) is 3.60. The van der Waals surface area contributed by atoms with E-state index in [1.165, 1.54) is 0 Å². The molecule has 1 rings (SSSR count). The van der Waals surface area contributed by atoms with Crippen molar-refractivity contribution in [2.45, 2.75) is 39.5 Å². The van der Waals surface area contributed by atoms with Gasteiger partial charge >= 0.3 is 0 Å². The largest absolute Gasteiger partial charge is 0.302 e. The zero-order chi connectivity index (χ0) is 11.5. The van der Waals surface area contributed by atoms with Crippen LogP contribution in [0, 0.1) is 17.3 Å². The molecule has 2 atom stereocenters. The van der Waals surface area contributed by atoms with Gasteiger partial charge in [-0.1, -0.05) is 19.9 Å². The normalized spacial score (nSPS) is 31.7. The van der Waals surface area contributed by atoms with Crippen molar-refractivity contribution in [3.63, 3.8) is 0 Å². The Bertz CT molecular complexity index is 268. The highest BCUT2D eigenvalue weighted by atomic mass is 16.1. The van der Waals surface area contributed by atoms with Crippen LogP contribution >= 0.6 is 0 Å². The summed E-state index contributed by atoms with van der Waals surface area (Å²) in [5.41, 5.74) is -0.755. The van der Waals surface area contributed by atoms with E-state index in [-0.39, 0.29) is 5.78 Å².